The zero-order chi connectivity index (χ0) is 20.2. The topological polar surface area (TPSA) is 24.5 Å². The van der Waals surface area contributed by atoms with Crippen molar-refractivity contribution in [2.75, 3.05) is 32.6 Å². The van der Waals surface area contributed by atoms with Crippen LogP contribution in [0.5, 0.6) is 5.75 Å². The molecular weight excluding hydrogens is 376 g/mol. The molecule has 150 valence electrons. The third kappa shape index (κ3) is 4.77. The number of hydrogen-bond acceptors (Lipinski definition) is 4. The van der Waals surface area contributed by atoms with Crippen molar-refractivity contribution >= 4 is 17.4 Å². The van der Waals surface area contributed by atoms with Crippen molar-refractivity contribution in [3.05, 3.63) is 89.0 Å². The number of anilines is 1. The van der Waals surface area contributed by atoms with Crippen molar-refractivity contribution in [1.82, 2.24) is 4.90 Å². The smallest absolute Gasteiger partial charge is 0.119 e. The number of fused-ring (bicyclic) bond motifs is 2. The molecule has 29 heavy (non-hydrogen) atoms. The first-order chi connectivity index (χ1) is 14.1. The Morgan fingerprint density at radius 3 is 2.59 bits per heavy atom. The summed E-state index contributed by atoms with van der Waals surface area (Å²) >= 11 is 1.93. The van der Waals surface area contributed by atoms with Gasteiger partial charge in [-0.15, -0.1) is 11.8 Å². The number of hydrogen-bond donors (Lipinski definition) is 1. The number of ether oxygens (including phenoxy) is 1. The minimum Gasteiger partial charge on any atom is -0.492 e. The summed E-state index contributed by atoms with van der Waals surface area (Å²) in [6.07, 6.45) is 0. The van der Waals surface area contributed by atoms with Crippen LogP contribution >= 0.6 is 11.8 Å². The van der Waals surface area contributed by atoms with Crippen LogP contribution in [0.2, 0.25) is 0 Å². The summed E-state index contributed by atoms with van der Waals surface area (Å²) in [4.78, 5) is 3.48. The molecule has 0 fully saturated rings. The Kier molecular flexibility index (Phi) is 6.12. The minimum atomic E-state index is 0.136. The molecule has 0 amide bonds. The highest BCUT2D eigenvalue weighted by Gasteiger charge is 2.24. The summed E-state index contributed by atoms with van der Waals surface area (Å²) in [7, 11) is 4.11. The Bertz CT molecular complexity index is 969. The molecule has 1 heterocycles. The molecule has 3 aromatic carbocycles. The van der Waals surface area contributed by atoms with Crippen LogP contribution in [0, 0.1) is 6.92 Å². The number of benzene rings is 3. The maximum Gasteiger partial charge on any atom is 0.119 e. The summed E-state index contributed by atoms with van der Waals surface area (Å²) in [6, 6.07) is 24.0. The summed E-state index contributed by atoms with van der Waals surface area (Å²) in [5.74, 6) is 1.91. The second-order valence-electron chi connectivity index (χ2n) is 7.78. The molecule has 3 aromatic rings. The molecule has 4 heteroatoms. The van der Waals surface area contributed by atoms with Gasteiger partial charge in [-0.05, 0) is 68.0 Å². The third-order valence-electron chi connectivity index (χ3n) is 5.20. The van der Waals surface area contributed by atoms with E-state index >= 15 is 0 Å². The van der Waals surface area contributed by atoms with Gasteiger partial charge < -0.3 is 15.0 Å². The first-order valence-electron chi connectivity index (χ1n) is 10.1. The van der Waals surface area contributed by atoms with Gasteiger partial charge in [-0.3, -0.25) is 0 Å². The van der Waals surface area contributed by atoms with Gasteiger partial charge in [-0.2, -0.15) is 0 Å². The van der Waals surface area contributed by atoms with Gasteiger partial charge in [-0.25, -0.2) is 0 Å². The third-order valence-corrected chi connectivity index (χ3v) is 6.34. The van der Waals surface area contributed by atoms with E-state index in [0.717, 1.165) is 23.7 Å². The number of thioether (sulfide) groups is 1. The first-order valence-corrected chi connectivity index (χ1v) is 11.0. The highest BCUT2D eigenvalue weighted by atomic mass is 32.2. The first kappa shape index (κ1) is 19.9. The SMILES string of the molecule is Cc1ccc2c(c1)[C@H](Nc1ccc(OCCN(C)C)cc1)c1ccccc1CS2. The van der Waals surface area contributed by atoms with Gasteiger partial charge in [0.25, 0.3) is 0 Å². The van der Waals surface area contributed by atoms with Crippen LogP contribution in [0.15, 0.2) is 71.6 Å². The lowest BCUT2D eigenvalue weighted by Crippen LogP contribution is -2.19. The summed E-state index contributed by atoms with van der Waals surface area (Å²) in [5.41, 5.74) is 6.50. The Balaban J connectivity index is 1.60. The number of nitrogens with one attached hydrogen (secondary N) is 1. The quantitative estimate of drug-likeness (QED) is 0.566. The molecular formula is C25H28N2OS. The van der Waals surface area contributed by atoms with Gasteiger partial charge in [0.2, 0.25) is 0 Å². The molecule has 0 saturated carbocycles. The molecule has 0 aliphatic carbocycles. The lowest BCUT2D eigenvalue weighted by molar-refractivity contribution is 0.261. The zero-order valence-corrected chi connectivity index (χ0v) is 18.1. The van der Waals surface area contributed by atoms with Crippen molar-refractivity contribution in [2.45, 2.75) is 23.6 Å². The molecule has 1 N–H and O–H groups in total. The van der Waals surface area contributed by atoms with Crippen LogP contribution in [0.25, 0.3) is 0 Å². The van der Waals surface area contributed by atoms with Gasteiger partial charge in [-0.1, -0.05) is 42.0 Å². The predicted molar refractivity (Wildman–Crippen MR) is 123 cm³/mol. The number of rotatable bonds is 6. The normalized spacial score (nSPS) is 15.4. The number of nitrogens with zero attached hydrogens (tertiary/aromatic N) is 1. The zero-order valence-electron chi connectivity index (χ0n) is 17.3. The second-order valence-corrected chi connectivity index (χ2v) is 8.80. The molecule has 0 saturated heterocycles. The average Bonchev–Trinajstić information content (AvgIpc) is 2.86. The summed E-state index contributed by atoms with van der Waals surface area (Å²) < 4.78 is 5.84. The van der Waals surface area contributed by atoms with E-state index < -0.39 is 0 Å². The molecule has 1 aliphatic heterocycles. The average molecular weight is 405 g/mol. The maximum atomic E-state index is 5.84. The van der Waals surface area contributed by atoms with Crippen molar-refractivity contribution in [3.8, 4) is 5.75 Å². The highest BCUT2D eigenvalue weighted by Crippen LogP contribution is 2.41. The monoisotopic (exact) mass is 404 g/mol. The van der Waals surface area contributed by atoms with E-state index in [-0.39, 0.29) is 6.04 Å². The standard InChI is InChI=1S/C25H28N2OS/c1-18-8-13-24-23(16-18)25(22-7-5-4-6-19(22)17-29-24)26-20-9-11-21(12-10-20)28-15-14-27(2)3/h4-13,16,25-26H,14-15,17H2,1-3H3/t25-/m1/s1. The fourth-order valence-corrected chi connectivity index (χ4v) is 4.69. The molecule has 0 spiro atoms. The summed E-state index contributed by atoms with van der Waals surface area (Å²) in [5, 5.41) is 3.78. The van der Waals surface area contributed by atoms with Crippen molar-refractivity contribution in [3.63, 3.8) is 0 Å². The van der Waals surface area contributed by atoms with E-state index in [9.17, 15) is 0 Å². The Morgan fingerprint density at radius 1 is 1.00 bits per heavy atom. The van der Waals surface area contributed by atoms with E-state index in [1.807, 2.05) is 23.9 Å². The molecule has 0 unspecified atom stereocenters. The number of aryl methyl sites for hydroxylation is 1. The van der Waals surface area contributed by atoms with Gasteiger partial charge in [0, 0.05) is 22.9 Å². The molecule has 1 aliphatic rings. The molecule has 4 rings (SSSR count). The molecule has 0 bridgehead atoms. The Morgan fingerprint density at radius 2 is 1.79 bits per heavy atom. The lowest BCUT2D eigenvalue weighted by atomic mass is 9.94. The van der Waals surface area contributed by atoms with Crippen LogP contribution in [0.4, 0.5) is 5.69 Å². The van der Waals surface area contributed by atoms with E-state index in [1.54, 1.807) is 0 Å². The minimum absolute atomic E-state index is 0.136. The Hall–Kier alpha value is -2.43. The van der Waals surface area contributed by atoms with Gasteiger partial charge >= 0.3 is 0 Å². The molecule has 0 radical (unpaired) electrons. The van der Waals surface area contributed by atoms with E-state index in [1.165, 1.54) is 27.1 Å². The van der Waals surface area contributed by atoms with Gasteiger partial charge in [0.15, 0.2) is 0 Å². The van der Waals surface area contributed by atoms with Gasteiger partial charge in [0.1, 0.15) is 12.4 Å². The van der Waals surface area contributed by atoms with E-state index in [0.29, 0.717) is 6.61 Å². The van der Waals surface area contributed by atoms with Crippen LogP contribution < -0.4 is 10.1 Å². The second kappa shape index (κ2) is 8.93. The largest absolute Gasteiger partial charge is 0.492 e. The van der Waals surface area contributed by atoms with Crippen LogP contribution in [-0.4, -0.2) is 32.1 Å². The lowest BCUT2D eigenvalue weighted by Gasteiger charge is -2.23. The fraction of sp³-hybridized carbons (Fsp3) is 0.280. The van der Waals surface area contributed by atoms with Crippen LogP contribution in [0.3, 0.4) is 0 Å². The van der Waals surface area contributed by atoms with E-state index in [4.69, 9.17) is 4.74 Å². The van der Waals surface area contributed by atoms with Crippen molar-refractivity contribution in [2.24, 2.45) is 0 Å². The molecule has 3 nitrogen and oxygen atoms in total. The molecule has 0 aromatic heterocycles. The van der Waals surface area contributed by atoms with Crippen LogP contribution in [0.1, 0.15) is 28.3 Å². The predicted octanol–water partition coefficient (Wildman–Crippen LogP) is 5.74. The van der Waals surface area contributed by atoms with E-state index in [2.05, 4.69) is 85.8 Å². The maximum absolute atomic E-state index is 5.84. The highest BCUT2D eigenvalue weighted by molar-refractivity contribution is 7.98. The van der Waals surface area contributed by atoms with Crippen molar-refractivity contribution in [1.29, 1.82) is 0 Å². The summed E-state index contributed by atoms with van der Waals surface area (Å²) in [6.45, 7) is 3.77. The number of likely N-dealkylation sites (N-methyl/N-ethyl adjacent to an activating group) is 1. The van der Waals surface area contributed by atoms with Crippen LogP contribution in [-0.2, 0) is 5.75 Å². The molecule has 1 atom stereocenters. The van der Waals surface area contributed by atoms with Crippen molar-refractivity contribution < 1.29 is 4.74 Å². The fourth-order valence-electron chi connectivity index (χ4n) is 3.61. The van der Waals surface area contributed by atoms with Gasteiger partial charge in [0.05, 0.1) is 6.04 Å². The Labute approximate surface area is 178 Å².